The summed E-state index contributed by atoms with van der Waals surface area (Å²) in [5.74, 6) is -0.242. The molecule has 0 saturated carbocycles. The Hall–Kier alpha value is -0.130. The molecule has 1 heterocycles. The Bertz CT molecular complexity index is 181. The third-order valence-electron chi connectivity index (χ3n) is 1.25. The fourth-order valence-corrected chi connectivity index (χ4v) is 2.86. The molecule has 0 aromatic heterocycles. The Morgan fingerprint density at radius 1 is 1.67 bits per heavy atom. The number of hydrogen-bond acceptors (Lipinski definition) is 5. The van der Waals surface area contributed by atoms with Gasteiger partial charge < -0.3 is 9.84 Å². The minimum Gasteiger partial charge on any atom is -0.463 e. The first-order chi connectivity index (χ1) is 5.83. The molecule has 0 radical (unpaired) electrons. The van der Waals surface area contributed by atoms with E-state index >= 15 is 0 Å². The molecule has 0 aromatic carbocycles. The summed E-state index contributed by atoms with van der Waals surface area (Å²) in [6, 6.07) is 0. The van der Waals surface area contributed by atoms with Crippen LogP contribution in [0.3, 0.4) is 0 Å². The number of carbonyl (C=O) groups excluding carboxylic acids is 1. The number of hydrogen-bond donors (Lipinski definition) is 1. The molecule has 0 aliphatic carbocycles. The van der Waals surface area contributed by atoms with Crippen molar-refractivity contribution in [2.24, 2.45) is 0 Å². The van der Waals surface area contributed by atoms with Gasteiger partial charge in [-0.05, 0) is 5.41 Å². The Balaban J connectivity index is 2.12. The number of esters is 1. The van der Waals surface area contributed by atoms with Gasteiger partial charge in [0.1, 0.15) is 6.61 Å². The van der Waals surface area contributed by atoms with E-state index in [4.69, 9.17) is 9.84 Å². The largest absolute Gasteiger partial charge is 0.463 e. The highest BCUT2D eigenvalue weighted by molar-refractivity contribution is 8.78. The lowest BCUT2D eigenvalue weighted by Crippen LogP contribution is -2.12. The van der Waals surface area contributed by atoms with Crippen LogP contribution in [-0.2, 0) is 9.53 Å². The van der Waals surface area contributed by atoms with Gasteiger partial charge in [-0.3, -0.25) is 4.79 Å². The summed E-state index contributed by atoms with van der Waals surface area (Å²) in [4.78, 5) is 11.0. The van der Waals surface area contributed by atoms with Crippen LogP contribution < -0.4 is 0 Å². The van der Waals surface area contributed by atoms with Crippen LogP contribution in [0.2, 0.25) is 0 Å². The predicted octanol–water partition coefficient (Wildman–Crippen LogP) is 1.19. The van der Waals surface area contributed by atoms with Gasteiger partial charge >= 0.3 is 5.97 Å². The zero-order valence-electron chi connectivity index (χ0n) is 6.43. The van der Waals surface area contributed by atoms with E-state index < -0.39 is 0 Å². The second-order valence-electron chi connectivity index (χ2n) is 2.21. The molecule has 0 aromatic rings. The van der Waals surface area contributed by atoms with Gasteiger partial charge in [0.05, 0.1) is 13.0 Å². The van der Waals surface area contributed by atoms with Crippen molar-refractivity contribution in [3.63, 3.8) is 0 Å². The summed E-state index contributed by atoms with van der Waals surface area (Å²) >= 11 is 0. The van der Waals surface area contributed by atoms with Crippen molar-refractivity contribution in [2.45, 2.75) is 11.7 Å². The molecule has 0 amide bonds. The van der Waals surface area contributed by atoms with Crippen molar-refractivity contribution < 1.29 is 14.6 Å². The molecule has 0 saturated heterocycles. The number of aliphatic hydroxyl groups is 1. The highest BCUT2D eigenvalue weighted by Gasteiger charge is 2.15. The van der Waals surface area contributed by atoms with Crippen LogP contribution in [0.1, 0.15) is 6.42 Å². The molecule has 1 N–H and O–H groups in total. The first-order valence-corrected chi connectivity index (χ1v) is 5.86. The number of carbonyl (C=O) groups is 1. The molecule has 1 aliphatic heterocycles. The van der Waals surface area contributed by atoms with Gasteiger partial charge in [-0.1, -0.05) is 27.7 Å². The first-order valence-electron chi connectivity index (χ1n) is 3.58. The Kier molecular flexibility index (Phi) is 4.57. The zero-order chi connectivity index (χ0) is 8.81. The van der Waals surface area contributed by atoms with Crippen LogP contribution in [0.5, 0.6) is 0 Å². The molecule has 0 bridgehead atoms. The number of ether oxygens (including phenoxy) is 1. The van der Waals surface area contributed by atoms with Gasteiger partial charge in [-0.15, -0.1) is 0 Å². The van der Waals surface area contributed by atoms with E-state index in [2.05, 4.69) is 0 Å². The zero-order valence-corrected chi connectivity index (χ0v) is 8.07. The SMILES string of the molecule is O=C(CC1C=CSS1)OCCO. The lowest BCUT2D eigenvalue weighted by atomic mass is 10.3. The summed E-state index contributed by atoms with van der Waals surface area (Å²) in [5, 5.41) is 10.6. The quantitative estimate of drug-likeness (QED) is 0.553. The second kappa shape index (κ2) is 5.50. The monoisotopic (exact) mass is 206 g/mol. The van der Waals surface area contributed by atoms with E-state index in [1.54, 1.807) is 21.6 Å². The first kappa shape index (κ1) is 9.95. The molecule has 0 fully saturated rings. The fraction of sp³-hybridized carbons (Fsp3) is 0.571. The second-order valence-corrected chi connectivity index (χ2v) is 4.62. The highest BCUT2D eigenvalue weighted by atomic mass is 33.1. The Morgan fingerprint density at radius 2 is 2.50 bits per heavy atom. The van der Waals surface area contributed by atoms with Crippen LogP contribution in [0.25, 0.3) is 0 Å². The van der Waals surface area contributed by atoms with Crippen molar-refractivity contribution in [3.05, 3.63) is 11.5 Å². The maximum atomic E-state index is 11.0. The average molecular weight is 206 g/mol. The van der Waals surface area contributed by atoms with Gasteiger partial charge in [0.25, 0.3) is 0 Å². The van der Waals surface area contributed by atoms with E-state index in [-0.39, 0.29) is 24.4 Å². The van der Waals surface area contributed by atoms with Crippen LogP contribution in [-0.4, -0.2) is 29.5 Å². The molecular weight excluding hydrogens is 196 g/mol. The van der Waals surface area contributed by atoms with Gasteiger partial charge in [-0.2, -0.15) is 0 Å². The third-order valence-corrected chi connectivity index (χ3v) is 3.61. The van der Waals surface area contributed by atoms with Gasteiger partial charge in [0, 0.05) is 5.25 Å². The lowest BCUT2D eigenvalue weighted by Gasteiger charge is -2.05. The average Bonchev–Trinajstić information content (AvgIpc) is 2.53. The van der Waals surface area contributed by atoms with E-state index in [1.165, 1.54) is 0 Å². The molecule has 1 rings (SSSR count). The van der Waals surface area contributed by atoms with Crippen molar-refractivity contribution in [1.82, 2.24) is 0 Å². The molecule has 1 unspecified atom stereocenters. The van der Waals surface area contributed by atoms with E-state index in [0.717, 1.165) is 0 Å². The number of rotatable bonds is 4. The summed E-state index contributed by atoms with van der Waals surface area (Å²) in [6.07, 6.45) is 2.38. The number of aliphatic hydroxyl groups excluding tert-OH is 1. The van der Waals surface area contributed by atoms with Crippen LogP contribution in [0, 0.1) is 0 Å². The van der Waals surface area contributed by atoms with Crippen molar-refractivity contribution in [1.29, 1.82) is 0 Å². The molecule has 1 atom stereocenters. The Labute approximate surface area is 78.9 Å². The van der Waals surface area contributed by atoms with E-state index in [9.17, 15) is 4.79 Å². The molecule has 5 heteroatoms. The molecule has 68 valence electrons. The van der Waals surface area contributed by atoms with Crippen LogP contribution in [0.15, 0.2) is 11.5 Å². The maximum Gasteiger partial charge on any atom is 0.307 e. The van der Waals surface area contributed by atoms with Gasteiger partial charge in [0.15, 0.2) is 0 Å². The van der Waals surface area contributed by atoms with Gasteiger partial charge in [0.2, 0.25) is 0 Å². The topological polar surface area (TPSA) is 46.5 Å². The van der Waals surface area contributed by atoms with Crippen molar-refractivity contribution >= 4 is 27.6 Å². The summed E-state index contributed by atoms with van der Waals surface area (Å²) < 4.78 is 4.71. The standard InChI is InChI=1S/C7H10O3S2/c8-2-3-10-7(9)5-6-1-4-11-12-6/h1,4,6,8H,2-3,5H2. The summed E-state index contributed by atoms with van der Waals surface area (Å²) in [6.45, 7) is 0.00121. The molecule has 1 aliphatic rings. The highest BCUT2D eigenvalue weighted by Crippen LogP contribution is 2.37. The predicted molar refractivity (Wildman–Crippen MR) is 50.8 cm³/mol. The van der Waals surface area contributed by atoms with E-state index in [0.29, 0.717) is 6.42 Å². The minimum atomic E-state index is -0.242. The molecule has 12 heavy (non-hydrogen) atoms. The van der Waals surface area contributed by atoms with E-state index in [1.807, 2.05) is 11.5 Å². The molecular formula is C7H10O3S2. The van der Waals surface area contributed by atoms with Crippen LogP contribution >= 0.6 is 21.6 Å². The smallest absolute Gasteiger partial charge is 0.307 e. The van der Waals surface area contributed by atoms with Crippen molar-refractivity contribution in [3.8, 4) is 0 Å². The third kappa shape index (κ3) is 3.51. The maximum absolute atomic E-state index is 11.0. The van der Waals surface area contributed by atoms with Crippen LogP contribution in [0.4, 0.5) is 0 Å². The molecule has 3 nitrogen and oxygen atoms in total. The lowest BCUT2D eigenvalue weighted by molar-refractivity contribution is -0.144. The van der Waals surface area contributed by atoms with Gasteiger partial charge in [-0.25, -0.2) is 0 Å². The van der Waals surface area contributed by atoms with Crippen molar-refractivity contribution in [2.75, 3.05) is 13.2 Å². The fourth-order valence-electron chi connectivity index (χ4n) is 0.740. The summed E-state index contributed by atoms with van der Waals surface area (Å²) in [7, 11) is 3.27. The summed E-state index contributed by atoms with van der Waals surface area (Å²) in [5.41, 5.74) is 0. The Morgan fingerprint density at radius 3 is 3.08 bits per heavy atom. The normalized spacial score (nSPS) is 21.2. The molecule has 0 spiro atoms. The minimum absolute atomic E-state index is 0.103.